The Morgan fingerprint density at radius 3 is 2.62 bits per heavy atom. The number of methoxy groups -OCH3 is 1. The largest absolute Gasteiger partial charge is 0.497 e. The minimum absolute atomic E-state index is 0.197. The molecule has 5 heteroatoms. The van der Waals surface area contributed by atoms with Crippen LogP contribution in [0, 0.1) is 11.8 Å². The predicted octanol–water partition coefficient (Wildman–Crippen LogP) is 2.54. The summed E-state index contributed by atoms with van der Waals surface area (Å²) in [6.07, 6.45) is 2.34. The molecule has 1 aromatic carbocycles. The van der Waals surface area contributed by atoms with E-state index in [1.807, 2.05) is 24.3 Å². The van der Waals surface area contributed by atoms with Crippen LogP contribution in [0.5, 0.6) is 11.5 Å². The minimum Gasteiger partial charge on any atom is -0.497 e. The van der Waals surface area contributed by atoms with E-state index in [0.29, 0.717) is 18.9 Å². The Bertz CT molecular complexity index is 436. The van der Waals surface area contributed by atoms with Gasteiger partial charge in [-0.3, -0.25) is 4.79 Å². The average Bonchev–Trinajstić information content (AvgIpc) is 2.47. The van der Waals surface area contributed by atoms with Gasteiger partial charge in [0.1, 0.15) is 11.5 Å². The summed E-state index contributed by atoms with van der Waals surface area (Å²) in [7, 11) is 1.62. The van der Waals surface area contributed by atoms with Crippen LogP contribution in [0.1, 0.15) is 26.2 Å². The summed E-state index contributed by atoms with van der Waals surface area (Å²) in [6, 6.07) is 7.49. The van der Waals surface area contributed by atoms with Gasteiger partial charge in [0.2, 0.25) is 0 Å². The van der Waals surface area contributed by atoms with Gasteiger partial charge >= 0.3 is 5.97 Å². The van der Waals surface area contributed by atoms with Crippen LogP contribution in [0.2, 0.25) is 0 Å². The zero-order valence-corrected chi connectivity index (χ0v) is 12.7. The first-order valence-electron chi connectivity index (χ1n) is 7.26. The lowest BCUT2D eigenvalue weighted by Gasteiger charge is -2.15. The van der Waals surface area contributed by atoms with Crippen LogP contribution in [-0.2, 0) is 4.79 Å². The Labute approximate surface area is 126 Å². The summed E-state index contributed by atoms with van der Waals surface area (Å²) in [6.45, 7) is 2.90. The Kier molecular flexibility index (Phi) is 7.61. The van der Waals surface area contributed by atoms with E-state index >= 15 is 0 Å². The molecule has 5 nitrogen and oxygen atoms in total. The first-order chi connectivity index (χ1) is 10.1. The molecule has 2 unspecified atom stereocenters. The molecule has 1 rings (SSSR count). The van der Waals surface area contributed by atoms with Crippen molar-refractivity contribution in [3.63, 3.8) is 0 Å². The van der Waals surface area contributed by atoms with Crippen molar-refractivity contribution in [3.05, 3.63) is 24.3 Å². The van der Waals surface area contributed by atoms with E-state index in [1.165, 1.54) is 0 Å². The normalized spacial score (nSPS) is 13.5. The molecular weight excluding hydrogens is 270 g/mol. The molecule has 0 amide bonds. The van der Waals surface area contributed by atoms with Crippen LogP contribution >= 0.6 is 0 Å². The molecule has 0 aliphatic rings. The minimum atomic E-state index is -0.808. The van der Waals surface area contributed by atoms with Crippen molar-refractivity contribution in [2.24, 2.45) is 17.6 Å². The second kappa shape index (κ2) is 9.23. The Balaban J connectivity index is 2.26. The summed E-state index contributed by atoms with van der Waals surface area (Å²) >= 11 is 0. The highest BCUT2D eigenvalue weighted by Crippen LogP contribution is 2.20. The lowest BCUT2D eigenvalue weighted by Crippen LogP contribution is -2.23. The van der Waals surface area contributed by atoms with Gasteiger partial charge in [0.15, 0.2) is 0 Å². The zero-order valence-electron chi connectivity index (χ0n) is 12.7. The number of aliphatic carboxylic acids is 1. The quantitative estimate of drug-likeness (QED) is 0.693. The van der Waals surface area contributed by atoms with Crippen molar-refractivity contribution in [1.29, 1.82) is 0 Å². The van der Waals surface area contributed by atoms with Gasteiger partial charge in [0.05, 0.1) is 19.6 Å². The number of hydrogen-bond acceptors (Lipinski definition) is 4. The monoisotopic (exact) mass is 295 g/mol. The molecule has 0 aliphatic heterocycles. The van der Waals surface area contributed by atoms with Gasteiger partial charge in [-0.25, -0.2) is 0 Å². The maximum absolute atomic E-state index is 10.9. The number of carboxylic acids is 1. The Morgan fingerprint density at radius 1 is 1.29 bits per heavy atom. The SMILES string of the molecule is COc1cccc(OCCC(C)CCC(CN)C(=O)O)c1. The van der Waals surface area contributed by atoms with E-state index in [1.54, 1.807) is 7.11 Å². The fourth-order valence-corrected chi connectivity index (χ4v) is 2.04. The van der Waals surface area contributed by atoms with E-state index in [-0.39, 0.29) is 6.54 Å². The van der Waals surface area contributed by atoms with E-state index in [9.17, 15) is 4.79 Å². The van der Waals surface area contributed by atoms with Crippen LogP contribution in [0.25, 0.3) is 0 Å². The maximum Gasteiger partial charge on any atom is 0.307 e. The standard InChI is InChI=1S/C16H25NO4/c1-12(6-7-13(11-17)16(18)19)8-9-21-15-5-3-4-14(10-15)20-2/h3-5,10,12-13H,6-9,11,17H2,1-2H3,(H,18,19). The van der Waals surface area contributed by atoms with Crippen molar-refractivity contribution < 1.29 is 19.4 Å². The number of ether oxygens (including phenoxy) is 2. The van der Waals surface area contributed by atoms with Crippen LogP contribution in [0.3, 0.4) is 0 Å². The lowest BCUT2D eigenvalue weighted by molar-refractivity contribution is -0.141. The molecule has 0 heterocycles. The molecule has 21 heavy (non-hydrogen) atoms. The van der Waals surface area contributed by atoms with Crippen LogP contribution < -0.4 is 15.2 Å². The number of nitrogens with two attached hydrogens (primary N) is 1. The zero-order chi connectivity index (χ0) is 15.7. The number of carboxylic acid groups (broad SMARTS) is 1. The lowest BCUT2D eigenvalue weighted by atomic mass is 9.95. The molecular formula is C16H25NO4. The number of hydrogen-bond donors (Lipinski definition) is 2. The van der Waals surface area contributed by atoms with Gasteiger partial charge in [0.25, 0.3) is 0 Å². The van der Waals surface area contributed by atoms with E-state index in [4.69, 9.17) is 20.3 Å². The van der Waals surface area contributed by atoms with E-state index < -0.39 is 11.9 Å². The van der Waals surface area contributed by atoms with Gasteiger partial charge in [-0.15, -0.1) is 0 Å². The van der Waals surface area contributed by atoms with Crippen molar-refractivity contribution in [2.75, 3.05) is 20.3 Å². The molecule has 0 aliphatic carbocycles. The second-order valence-corrected chi connectivity index (χ2v) is 5.27. The molecule has 0 radical (unpaired) electrons. The molecule has 0 fully saturated rings. The molecule has 0 saturated carbocycles. The fraction of sp³-hybridized carbons (Fsp3) is 0.562. The first-order valence-corrected chi connectivity index (χ1v) is 7.26. The summed E-state index contributed by atoms with van der Waals surface area (Å²) in [5, 5.41) is 8.94. The third kappa shape index (κ3) is 6.49. The van der Waals surface area contributed by atoms with Gasteiger partial charge in [-0.1, -0.05) is 13.0 Å². The molecule has 118 valence electrons. The van der Waals surface area contributed by atoms with Gasteiger partial charge in [-0.2, -0.15) is 0 Å². The molecule has 1 aromatic rings. The number of rotatable bonds is 10. The second-order valence-electron chi connectivity index (χ2n) is 5.27. The topological polar surface area (TPSA) is 81.8 Å². The predicted molar refractivity (Wildman–Crippen MR) is 81.7 cm³/mol. The van der Waals surface area contributed by atoms with Crippen molar-refractivity contribution in [2.45, 2.75) is 26.2 Å². The Morgan fingerprint density at radius 2 is 2.00 bits per heavy atom. The number of benzene rings is 1. The van der Waals surface area contributed by atoms with Crippen molar-refractivity contribution in [3.8, 4) is 11.5 Å². The third-order valence-electron chi connectivity index (χ3n) is 3.56. The molecule has 0 saturated heterocycles. The van der Waals surface area contributed by atoms with Gasteiger partial charge < -0.3 is 20.3 Å². The summed E-state index contributed by atoms with van der Waals surface area (Å²) < 4.78 is 10.8. The summed E-state index contributed by atoms with van der Waals surface area (Å²) in [5.74, 6) is 0.716. The van der Waals surface area contributed by atoms with E-state index in [2.05, 4.69) is 6.92 Å². The molecule has 0 aromatic heterocycles. The highest BCUT2D eigenvalue weighted by atomic mass is 16.5. The molecule has 0 spiro atoms. The highest BCUT2D eigenvalue weighted by Gasteiger charge is 2.16. The maximum atomic E-state index is 10.9. The molecule has 3 N–H and O–H groups in total. The van der Waals surface area contributed by atoms with Gasteiger partial charge in [0, 0.05) is 12.6 Å². The van der Waals surface area contributed by atoms with E-state index in [0.717, 1.165) is 24.3 Å². The smallest absolute Gasteiger partial charge is 0.307 e. The summed E-state index contributed by atoms with van der Waals surface area (Å²) in [4.78, 5) is 10.9. The average molecular weight is 295 g/mol. The first kappa shape index (κ1) is 17.3. The third-order valence-corrected chi connectivity index (χ3v) is 3.56. The van der Waals surface area contributed by atoms with Crippen LogP contribution in [0.4, 0.5) is 0 Å². The van der Waals surface area contributed by atoms with Crippen molar-refractivity contribution in [1.82, 2.24) is 0 Å². The summed E-state index contributed by atoms with van der Waals surface area (Å²) in [5.41, 5.74) is 5.45. The molecule has 0 bridgehead atoms. The van der Waals surface area contributed by atoms with Crippen molar-refractivity contribution >= 4 is 5.97 Å². The van der Waals surface area contributed by atoms with Crippen LogP contribution in [-0.4, -0.2) is 31.3 Å². The number of carbonyl (C=O) groups is 1. The fourth-order valence-electron chi connectivity index (χ4n) is 2.04. The molecule has 2 atom stereocenters. The Hall–Kier alpha value is -1.75. The van der Waals surface area contributed by atoms with Crippen LogP contribution in [0.15, 0.2) is 24.3 Å². The van der Waals surface area contributed by atoms with Gasteiger partial charge in [-0.05, 0) is 37.3 Å². The highest BCUT2D eigenvalue weighted by molar-refractivity contribution is 5.70.